The molecule has 0 radical (unpaired) electrons. The number of fused-ring (bicyclic) bond motifs is 5. The third kappa shape index (κ3) is 6.00. The zero-order valence-corrected chi connectivity index (χ0v) is 25.2. The lowest BCUT2D eigenvalue weighted by Crippen LogP contribution is -2.66. The van der Waals surface area contributed by atoms with Crippen LogP contribution in [0.2, 0.25) is 0 Å². The smallest absolute Gasteiger partial charge is 0.328 e. The number of esters is 1. The summed E-state index contributed by atoms with van der Waals surface area (Å²) in [7, 11) is 1.50. The first-order valence-electron chi connectivity index (χ1n) is 15.3. The molecule has 4 aliphatic carbocycles. The highest BCUT2D eigenvalue weighted by Gasteiger charge is 2.67. The third-order valence-electron chi connectivity index (χ3n) is 11.8. The number of carboxylic acid groups (broad SMARTS) is 2. The molecule has 0 amide bonds. The van der Waals surface area contributed by atoms with Gasteiger partial charge in [0.25, 0.3) is 0 Å². The van der Waals surface area contributed by atoms with Gasteiger partial charge in [-0.05, 0) is 93.3 Å². The number of aliphatic hydroxyl groups is 2. The van der Waals surface area contributed by atoms with E-state index in [1.165, 1.54) is 7.11 Å². The zero-order valence-electron chi connectivity index (χ0n) is 25.2. The fourth-order valence-electron chi connectivity index (χ4n) is 9.33. The predicted molar refractivity (Wildman–Crippen MR) is 151 cm³/mol. The highest BCUT2D eigenvalue weighted by Crippen LogP contribution is 2.68. The molecule has 0 bridgehead atoms. The van der Waals surface area contributed by atoms with Crippen molar-refractivity contribution in [2.45, 2.75) is 121 Å². The van der Waals surface area contributed by atoms with Crippen LogP contribution >= 0.6 is 0 Å². The molecule has 0 aromatic carbocycles. The standard InChI is InChI=1S/C27H45NO6.C4H4O4/c1-15-21(29)14-22(30)24(33-15)34-17-7-10-25(2)16(13-17)5-6-19-18(25)8-11-26(3)20(23(31)32-4)9-12-27(19,26)28;5-3(6)1-2-4(7)8/h15-22,24,29-30H,5-14,28H2,1-4H3;1-2H,(H,5,6)(H,7,8)/b;2-1-/t15-,16+,17-,18-,19+,20+,21+,22+,24-,25-,26+,27-;/m0./s1. The maximum atomic E-state index is 12.6. The first-order valence-corrected chi connectivity index (χ1v) is 15.3. The molecular formula is C31H49NO10. The van der Waals surface area contributed by atoms with Gasteiger partial charge >= 0.3 is 17.9 Å². The molecule has 11 heteroatoms. The normalized spacial score (nSPS) is 46.4. The molecule has 1 heterocycles. The Kier molecular flexibility index (Phi) is 9.79. The lowest BCUT2D eigenvalue weighted by atomic mass is 9.42. The van der Waals surface area contributed by atoms with Crippen molar-refractivity contribution < 1.29 is 49.0 Å². The number of hydrogen-bond acceptors (Lipinski definition) is 9. The van der Waals surface area contributed by atoms with Gasteiger partial charge in [-0.15, -0.1) is 0 Å². The van der Waals surface area contributed by atoms with Crippen LogP contribution in [0.4, 0.5) is 0 Å². The predicted octanol–water partition coefficient (Wildman–Crippen LogP) is 2.85. The molecule has 12 atom stereocenters. The molecule has 238 valence electrons. The fraction of sp³-hybridized carbons (Fsp3) is 0.839. The second-order valence-electron chi connectivity index (χ2n) is 13.7. The maximum Gasteiger partial charge on any atom is 0.328 e. The molecule has 5 rings (SSSR count). The van der Waals surface area contributed by atoms with E-state index in [9.17, 15) is 24.6 Å². The minimum atomic E-state index is -1.26. The largest absolute Gasteiger partial charge is 0.478 e. The average molecular weight is 596 g/mol. The van der Waals surface area contributed by atoms with E-state index >= 15 is 0 Å². The summed E-state index contributed by atoms with van der Waals surface area (Å²) in [5.74, 6) is -1.08. The molecule has 5 aliphatic rings. The number of carbonyl (C=O) groups excluding carboxylic acids is 1. The summed E-state index contributed by atoms with van der Waals surface area (Å²) in [4.78, 5) is 31.7. The van der Waals surface area contributed by atoms with Crippen molar-refractivity contribution in [2.24, 2.45) is 40.2 Å². The Morgan fingerprint density at radius 1 is 0.881 bits per heavy atom. The van der Waals surface area contributed by atoms with Gasteiger partial charge in [0.1, 0.15) is 6.10 Å². The van der Waals surface area contributed by atoms with Gasteiger partial charge < -0.3 is 40.4 Å². The van der Waals surface area contributed by atoms with Crippen LogP contribution in [0.3, 0.4) is 0 Å². The Hall–Kier alpha value is -2.05. The summed E-state index contributed by atoms with van der Waals surface area (Å²) in [6.45, 7) is 6.57. The van der Waals surface area contributed by atoms with Gasteiger partial charge in [0, 0.05) is 24.1 Å². The topological polar surface area (TPSA) is 186 Å². The minimum Gasteiger partial charge on any atom is -0.478 e. The molecule has 0 aromatic heterocycles. The van der Waals surface area contributed by atoms with Gasteiger partial charge in [0.15, 0.2) is 6.29 Å². The summed E-state index contributed by atoms with van der Waals surface area (Å²) < 4.78 is 17.3. The Bertz CT molecular complexity index is 1030. The van der Waals surface area contributed by atoms with E-state index in [4.69, 9.17) is 30.2 Å². The van der Waals surface area contributed by atoms with Crippen molar-refractivity contribution in [3.63, 3.8) is 0 Å². The molecule has 42 heavy (non-hydrogen) atoms. The van der Waals surface area contributed by atoms with Crippen LogP contribution in [0.25, 0.3) is 0 Å². The first kappa shape index (κ1) is 32.9. The van der Waals surface area contributed by atoms with Gasteiger partial charge in [-0.2, -0.15) is 0 Å². The fourth-order valence-corrected chi connectivity index (χ4v) is 9.33. The quantitative estimate of drug-likeness (QED) is 0.179. The van der Waals surface area contributed by atoms with E-state index in [1.807, 2.05) is 6.92 Å². The summed E-state index contributed by atoms with van der Waals surface area (Å²) in [6, 6.07) is 0. The van der Waals surface area contributed by atoms with Gasteiger partial charge in [0.2, 0.25) is 0 Å². The molecule has 1 saturated heterocycles. The van der Waals surface area contributed by atoms with E-state index in [1.54, 1.807) is 0 Å². The molecular weight excluding hydrogens is 546 g/mol. The minimum absolute atomic E-state index is 0.0765. The van der Waals surface area contributed by atoms with Crippen LogP contribution in [-0.4, -0.2) is 81.7 Å². The number of aliphatic carboxylic acids is 2. The Balaban J connectivity index is 0.000000446. The highest BCUT2D eigenvalue weighted by atomic mass is 16.7. The van der Waals surface area contributed by atoms with Crippen LogP contribution in [-0.2, 0) is 28.6 Å². The van der Waals surface area contributed by atoms with Crippen molar-refractivity contribution in [1.29, 1.82) is 0 Å². The van der Waals surface area contributed by atoms with Crippen molar-refractivity contribution in [3.05, 3.63) is 12.2 Å². The summed E-state index contributed by atoms with van der Waals surface area (Å²) in [5, 5.41) is 36.0. The van der Waals surface area contributed by atoms with Gasteiger partial charge in [-0.1, -0.05) is 13.8 Å². The highest BCUT2D eigenvalue weighted by molar-refractivity contribution is 5.89. The van der Waals surface area contributed by atoms with Crippen LogP contribution in [0.15, 0.2) is 12.2 Å². The average Bonchev–Trinajstić information content (AvgIpc) is 3.21. The molecule has 4 saturated carbocycles. The summed E-state index contributed by atoms with van der Waals surface area (Å²) in [5.41, 5.74) is 7.06. The third-order valence-corrected chi connectivity index (χ3v) is 11.8. The van der Waals surface area contributed by atoms with E-state index in [0.717, 1.165) is 57.8 Å². The number of aliphatic hydroxyl groups excluding tert-OH is 2. The van der Waals surface area contributed by atoms with E-state index in [2.05, 4.69) is 13.8 Å². The molecule has 5 fully saturated rings. The van der Waals surface area contributed by atoms with Crippen LogP contribution < -0.4 is 5.73 Å². The molecule has 0 unspecified atom stereocenters. The number of carboxylic acids is 2. The van der Waals surface area contributed by atoms with Crippen molar-refractivity contribution in [2.75, 3.05) is 7.11 Å². The van der Waals surface area contributed by atoms with Gasteiger partial charge in [0.05, 0.1) is 31.3 Å². The Morgan fingerprint density at radius 3 is 2.17 bits per heavy atom. The van der Waals surface area contributed by atoms with Gasteiger partial charge in [-0.3, -0.25) is 4.79 Å². The monoisotopic (exact) mass is 595 g/mol. The molecule has 6 N–H and O–H groups in total. The van der Waals surface area contributed by atoms with E-state index in [-0.39, 0.29) is 40.5 Å². The number of rotatable bonds is 5. The van der Waals surface area contributed by atoms with Crippen molar-refractivity contribution in [1.82, 2.24) is 0 Å². The van der Waals surface area contributed by atoms with Crippen LogP contribution in [0, 0.1) is 34.5 Å². The Morgan fingerprint density at radius 2 is 1.55 bits per heavy atom. The molecule has 11 nitrogen and oxygen atoms in total. The van der Waals surface area contributed by atoms with Crippen LogP contribution in [0.1, 0.15) is 85.0 Å². The van der Waals surface area contributed by atoms with E-state index < -0.39 is 30.4 Å². The number of carbonyl (C=O) groups is 3. The second kappa shape index (κ2) is 12.5. The number of methoxy groups -OCH3 is 1. The lowest BCUT2D eigenvalue weighted by Gasteiger charge is -2.64. The van der Waals surface area contributed by atoms with Crippen molar-refractivity contribution >= 4 is 17.9 Å². The summed E-state index contributed by atoms with van der Waals surface area (Å²) >= 11 is 0. The summed E-state index contributed by atoms with van der Waals surface area (Å²) in [6.07, 6.45) is 8.26. The van der Waals surface area contributed by atoms with Crippen LogP contribution in [0.5, 0.6) is 0 Å². The number of hydrogen-bond donors (Lipinski definition) is 5. The lowest BCUT2D eigenvalue weighted by molar-refractivity contribution is -0.283. The molecule has 0 spiro atoms. The number of ether oxygens (including phenoxy) is 3. The van der Waals surface area contributed by atoms with Crippen molar-refractivity contribution in [3.8, 4) is 0 Å². The Labute approximate surface area is 247 Å². The van der Waals surface area contributed by atoms with Gasteiger partial charge in [-0.25, -0.2) is 9.59 Å². The SMILES string of the molecule is COC(=O)[C@H]1CC[C@]2(N)[C@@H]3CC[C@@H]4C[C@@H](O[C@@H]5O[C@@H](C)[C@H](O)C[C@H]5O)CC[C@]4(C)[C@H]3CC[C@]12C.O=C(O)/C=C\C(=O)O. The first-order chi connectivity index (χ1) is 19.7. The maximum absolute atomic E-state index is 12.6. The molecule has 0 aromatic rings. The zero-order chi connectivity index (χ0) is 31.0. The number of nitrogens with two attached hydrogens (primary N) is 1. The molecule has 1 aliphatic heterocycles. The second-order valence-corrected chi connectivity index (χ2v) is 13.7. The van der Waals surface area contributed by atoms with E-state index in [0.29, 0.717) is 36.3 Å².